The predicted molar refractivity (Wildman–Crippen MR) is 65.7 cm³/mol. The Morgan fingerprint density at radius 2 is 2.06 bits per heavy atom. The summed E-state index contributed by atoms with van der Waals surface area (Å²) in [7, 11) is 0. The second kappa shape index (κ2) is 5.46. The van der Waals surface area contributed by atoms with E-state index in [9.17, 15) is 5.11 Å². The number of aliphatic hydroxyl groups excluding tert-OH is 1. The molecule has 1 aliphatic rings. The maximum atomic E-state index is 9.81. The molecule has 7 heteroatoms. The van der Waals surface area contributed by atoms with Gasteiger partial charge in [0.05, 0.1) is 6.10 Å². The molecule has 0 bridgehead atoms. The van der Waals surface area contributed by atoms with Gasteiger partial charge in [0.25, 0.3) is 0 Å². The highest BCUT2D eigenvalue weighted by Crippen LogP contribution is 2.24. The van der Waals surface area contributed by atoms with Crippen molar-refractivity contribution in [1.82, 2.24) is 15.0 Å². The molecule has 2 rings (SSSR count). The third-order valence-corrected chi connectivity index (χ3v) is 3.19. The molecule has 94 valence electrons. The van der Waals surface area contributed by atoms with Gasteiger partial charge in [-0.15, -0.1) is 0 Å². The molecule has 2 unspecified atom stereocenters. The van der Waals surface area contributed by atoms with Crippen LogP contribution in [0.3, 0.4) is 0 Å². The molecule has 0 aliphatic heterocycles. The number of aromatic nitrogens is 3. The average molecular weight is 258 g/mol. The van der Waals surface area contributed by atoms with Crippen LogP contribution < -0.4 is 11.1 Å². The SMILES string of the molecule is Nc1nc(Cl)nc(NCC2CCCCC2O)n1. The first-order valence-corrected chi connectivity index (χ1v) is 6.12. The number of nitrogens with one attached hydrogen (secondary N) is 1. The van der Waals surface area contributed by atoms with E-state index in [2.05, 4.69) is 20.3 Å². The lowest BCUT2D eigenvalue weighted by Gasteiger charge is -2.27. The summed E-state index contributed by atoms with van der Waals surface area (Å²) in [4.78, 5) is 11.5. The van der Waals surface area contributed by atoms with Gasteiger partial charge in [0.1, 0.15) is 0 Å². The quantitative estimate of drug-likeness (QED) is 0.750. The van der Waals surface area contributed by atoms with Crippen LogP contribution in [0.2, 0.25) is 5.28 Å². The molecule has 0 aromatic carbocycles. The van der Waals surface area contributed by atoms with Gasteiger partial charge < -0.3 is 16.2 Å². The van der Waals surface area contributed by atoms with Crippen LogP contribution in [0.5, 0.6) is 0 Å². The van der Waals surface area contributed by atoms with Gasteiger partial charge in [0, 0.05) is 12.5 Å². The molecular weight excluding hydrogens is 242 g/mol. The number of aliphatic hydroxyl groups is 1. The lowest BCUT2D eigenvalue weighted by atomic mass is 9.86. The highest BCUT2D eigenvalue weighted by molar-refractivity contribution is 6.28. The molecule has 17 heavy (non-hydrogen) atoms. The van der Waals surface area contributed by atoms with E-state index < -0.39 is 0 Å². The van der Waals surface area contributed by atoms with Crippen molar-refractivity contribution in [2.75, 3.05) is 17.6 Å². The highest BCUT2D eigenvalue weighted by Gasteiger charge is 2.22. The van der Waals surface area contributed by atoms with Crippen LogP contribution in [0.25, 0.3) is 0 Å². The third-order valence-electron chi connectivity index (χ3n) is 3.02. The number of nitrogens with two attached hydrogens (primary N) is 1. The molecular formula is C10H16ClN5O. The Kier molecular flexibility index (Phi) is 3.96. The van der Waals surface area contributed by atoms with E-state index in [4.69, 9.17) is 17.3 Å². The molecule has 4 N–H and O–H groups in total. The maximum Gasteiger partial charge on any atom is 0.228 e. The summed E-state index contributed by atoms with van der Waals surface area (Å²) in [5, 5.41) is 12.9. The van der Waals surface area contributed by atoms with E-state index in [1.54, 1.807) is 0 Å². The first-order chi connectivity index (χ1) is 8.15. The van der Waals surface area contributed by atoms with Crippen molar-refractivity contribution in [3.05, 3.63) is 5.28 Å². The van der Waals surface area contributed by atoms with E-state index in [1.165, 1.54) is 0 Å². The van der Waals surface area contributed by atoms with Crippen LogP contribution in [0.1, 0.15) is 25.7 Å². The first kappa shape index (κ1) is 12.3. The Bertz CT molecular complexity index is 369. The zero-order chi connectivity index (χ0) is 12.3. The van der Waals surface area contributed by atoms with Gasteiger partial charge in [0.15, 0.2) is 0 Å². The number of nitrogens with zero attached hydrogens (tertiary/aromatic N) is 3. The van der Waals surface area contributed by atoms with E-state index in [1.807, 2.05) is 0 Å². The molecule has 6 nitrogen and oxygen atoms in total. The number of anilines is 2. The smallest absolute Gasteiger partial charge is 0.228 e. The fraction of sp³-hybridized carbons (Fsp3) is 0.700. The van der Waals surface area contributed by atoms with Gasteiger partial charge in [-0.25, -0.2) is 0 Å². The molecule has 0 radical (unpaired) electrons. The van der Waals surface area contributed by atoms with Gasteiger partial charge in [0.2, 0.25) is 17.2 Å². The fourth-order valence-corrected chi connectivity index (χ4v) is 2.26. The Labute approximate surface area is 105 Å². The standard InChI is InChI=1S/C10H16ClN5O/c11-8-14-9(12)16-10(15-8)13-5-6-3-1-2-4-7(6)17/h6-7,17H,1-5H2,(H3,12,13,14,15,16). The van der Waals surface area contributed by atoms with Crippen molar-refractivity contribution in [1.29, 1.82) is 0 Å². The van der Waals surface area contributed by atoms with Gasteiger partial charge in [-0.1, -0.05) is 12.8 Å². The summed E-state index contributed by atoms with van der Waals surface area (Å²) in [5.74, 6) is 0.692. The fourth-order valence-electron chi connectivity index (χ4n) is 2.09. The third kappa shape index (κ3) is 3.41. The molecule has 2 atom stereocenters. The number of rotatable bonds is 3. The molecule has 1 saturated carbocycles. The van der Waals surface area contributed by atoms with Crippen molar-refractivity contribution in [2.45, 2.75) is 31.8 Å². The number of hydrogen-bond donors (Lipinski definition) is 3. The first-order valence-electron chi connectivity index (χ1n) is 5.74. The largest absolute Gasteiger partial charge is 0.393 e. The van der Waals surface area contributed by atoms with Crippen LogP contribution in [-0.4, -0.2) is 32.7 Å². The van der Waals surface area contributed by atoms with E-state index in [0.717, 1.165) is 25.7 Å². The number of halogens is 1. The van der Waals surface area contributed by atoms with E-state index in [-0.39, 0.29) is 23.3 Å². The van der Waals surface area contributed by atoms with Gasteiger partial charge in [-0.05, 0) is 24.4 Å². The normalized spacial score (nSPS) is 24.6. The molecule has 1 aromatic heterocycles. The summed E-state index contributed by atoms with van der Waals surface area (Å²) in [6, 6.07) is 0. The van der Waals surface area contributed by atoms with Crippen molar-refractivity contribution < 1.29 is 5.11 Å². The van der Waals surface area contributed by atoms with E-state index in [0.29, 0.717) is 12.5 Å². The number of nitrogen functional groups attached to an aromatic ring is 1. The predicted octanol–water partition coefficient (Wildman–Crippen LogP) is 1.07. The van der Waals surface area contributed by atoms with Crippen LogP contribution in [0.15, 0.2) is 0 Å². The summed E-state index contributed by atoms with van der Waals surface area (Å²) < 4.78 is 0. The van der Waals surface area contributed by atoms with Gasteiger partial charge >= 0.3 is 0 Å². The molecule has 1 aliphatic carbocycles. The lowest BCUT2D eigenvalue weighted by Crippen LogP contribution is -2.30. The maximum absolute atomic E-state index is 9.81. The zero-order valence-corrected chi connectivity index (χ0v) is 10.2. The second-order valence-electron chi connectivity index (χ2n) is 4.28. The summed E-state index contributed by atoms with van der Waals surface area (Å²) in [5.41, 5.74) is 5.46. The molecule has 1 aromatic rings. The van der Waals surface area contributed by atoms with E-state index >= 15 is 0 Å². The summed E-state index contributed by atoms with van der Waals surface area (Å²) in [6.45, 7) is 0.626. The van der Waals surface area contributed by atoms with Crippen LogP contribution in [-0.2, 0) is 0 Å². The molecule has 0 amide bonds. The molecule has 1 fully saturated rings. The lowest BCUT2D eigenvalue weighted by molar-refractivity contribution is 0.0762. The number of hydrogen-bond acceptors (Lipinski definition) is 6. The average Bonchev–Trinajstić information content (AvgIpc) is 2.27. The minimum absolute atomic E-state index is 0.0733. The van der Waals surface area contributed by atoms with Crippen molar-refractivity contribution >= 4 is 23.5 Å². The van der Waals surface area contributed by atoms with Gasteiger partial charge in [-0.3, -0.25) is 0 Å². The summed E-state index contributed by atoms with van der Waals surface area (Å²) >= 11 is 5.67. The molecule has 0 saturated heterocycles. The van der Waals surface area contributed by atoms with Crippen molar-refractivity contribution in [2.24, 2.45) is 5.92 Å². The van der Waals surface area contributed by atoms with Crippen LogP contribution in [0, 0.1) is 5.92 Å². The van der Waals surface area contributed by atoms with Crippen LogP contribution in [0.4, 0.5) is 11.9 Å². The molecule has 0 spiro atoms. The Hall–Kier alpha value is -1.14. The highest BCUT2D eigenvalue weighted by atomic mass is 35.5. The Balaban J connectivity index is 1.92. The summed E-state index contributed by atoms with van der Waals surface area (Å²) in [6.07, 6.45) is 3.89. The van der Waals surface area contributed by atoms with Gasteiger partial charge in [-0.2, -0.15) is 15.0 Å². The minimum atomic E-state index is -0.245. The topological polar surface area (TPSA) is 97.0 Å². The molecule has 1 heterocycles. The monoisotopic (exact) mass is 257 g/mol. The second-order valence-corrected chi connectivity index (χ2v) is 4.62. The van der Waals surface area contributed by atoms with Crippen molar-refractivity contribution in [3.8, 4) is 0 Å². The Morgan fingerprint density at radius 1 is 1.29 bits per heavy atom. The van der Waals surface area contributed by atoms with Crippen LogP contribution >= 0.6 is 11.6 Å². The van der Waals surface area contributed by atoms with Crippen molar-refractivity contribution in [3.63, 3.8) is 0 Å². The Morgan fingerprint density at radius 3 is 2.76 bits per heavy atom. The zero-order valence-electron chi connectivity index (χ0n) is 9.43. The minimum Gasteiger partial charge on any atom is -0.393 e.